The number of thiophene rings is 1. The van der Waals surface area contributed by atoms with Crippen molar-refractivity contribution in [3.8, 4) is 16.2 Å². The molecule has 1 N–H and O–H groups in total. The second-order valence-corrected chi connectivity index (χ2v) is 6.90. The molecule has 2 nitrogen and oxygen atoms in total. The van der Waals surface area contributed by atoms with Gasteiger partial charge in [0.1, 0.15) is 5.75 Å². The van der Waals surface area contributed by atoms with Gasteiger partial charge in [-0.3, -0.25) is 0 Å². The maximum absolute atomic E-state index is 5.26. The van der Waals surface area contributed by atoms with E-state index in [1.807, 2.05) is 12.1 Å². The van der Waals surface area contributed by atoms with Crippen molar-refractivity contribution in [2.75, 3.05) is 19.0 Å². The molecule has 1 aromatic heterocycles. The summed E-state index contributed by atoms with van der Waals surface area (Å²) < 4.78 is 5.26. The smallest absolute Gasteiger partial charge is 0.118 e. The molecule has 0 radical (unpaired) electrons. The number of hydrogen-bond acceptors (Lipinski definition) is 3. The van der Waals surface area contributed by atoms with E-state index in [0.717, 1.165) is 12.3 Å². The number of aryl methyl sites for hydroxylation is 1. The van der Waals surface area contributed by atoms with Crippen LogP contribution in [-0.4, -0.2) is 13.7 Å². The van der Waals surface area contributed by atoms with E-state index in [4.69, 9.17) is 4.74 Å². The van der Waals surface area contributed by atoms with Crippen molar-refractivity contribution in [1.29, 1.82) is 0 Å². The minimum atomic E-state index is 0.834. The average Bonchev–Trinajstić information content (AvgIpc) is 3.16. The van der Waals surface area contributed by atoms with E-state index >= 15 is 0 Å². The van der Waals surface area contributed by atoms with Crippen LogP contribution >= 0.6 is 11.3 Å². The molecule has 0 spiro atoms. The molecule has 1 aliphatic heterocycles. The molecule has 0 aliphatic carbocycles. The summed E-state index contributed by atoms with van der Waals surface area (Å²) >= 11 is 1.78. The van der Waals surface area contributed by atoms with Crippen LogP contribution in [0, 0.1) is 6.92 Å². The van der Waals surface area contributed by atoms with Crippen LogP contribution in [0.25, 0.3) is 22.1 Å². The Balaban J connectivity index is 1.79. The minimum Gasteiger partial charge on any atom is -0.497 e. The van der Waals surface area contributed by atoms with Gasteiger partial charge in [0.25, 0.3) is 0 Å². The highest BCUT2D eigenvalue weighted by molar-refractivity contribution is 7.13. The highest BCUT2D eigenvalue weighted by Crippen LogP contribution is 2.39. The summed E-state index contributed by atoms with van der Waals surface area (Å²) in [5, 5.41) is 5.77. The fourth-order valence-electron chi connectivity index (χ4n) is 3.14. The second-order valence-electron chi connectivity index (χ2n) is 5.95. The van der Waals surface area contributed by atoms with Gasteiger partial charge >= 0.3 is 0 Å². The Hall–Kier alpha value is -2.52. The predicted octanol–water partition coefficient (Wildman–Crippen LogP) is 5.70. The molecule has 3 heteroatoms. The summed E-state index contributed by atoms with van der Waals surface area (Å²) in [4.78, 5) is 1.31. The fourth-order valence-corrected chi connectivity index (χ4v) is 3.89. The van der Waals surface area contributed by atoms with Gasteiger partial charge in [-0.05, 0) is 53.3 Å². The van der Waals surface area contributed by atoms with Crippen molar-refractivity contribution in [3.63, 3.8) is 0 Å². The van der Waals surface area contributed by atoms with Crippen molar-refractivity contribution in [2.45, 2.75) is 6.92 Å². The first-order chi connectivity index (χ1) is 11.8. The zero-order valence-corrected chi connectivity index (χ0v) is 14.6. The van der Waals surface area contributed by atoms with Gasteiger partial charge in [-0.15, -0.1) is 11.3 Å². The van der Waals surface area contributed by atoms with E-state index in [1.165, 1.54) is 38.4 Å². The van der Waals surface area contributed by atoms with Crippen molar-refractivity contribution in [3.05, 3.63) is 70.6 Å². The molecule has 24 heavy (non-hydrogen) atoms. The third kappa shape index (κ3) is 2.61. The molecule has 120 valence electrons. The van der Waals surface area contributed by atoms with Crippen LogP contribution in [0.2, 0.25) is 0 Å². The summed E-state index contributed by atoms with van der Waals surface area (Å²) in [5.74, 6) is 0.889. The lowest BCUT2D eigenvalue weighted by Gasteiger charge is -2.23. The Morgan fingerprint density at radius 2 is 1.88 bits per heavy atom. The van der Waals surface area contributed by atoms with E-state index in [0.29, 0.717) is 0 Å². The van der Waals surface area contributed by atoms with Crippen LogP contribution in [0.4, 0.5) is 5.69 Å². The van der Waals surface area contributed by atoms with E-state index in [-0.39, 0.29) is 0 Å². The molecule has 0 saturated carbocycles. The van der Waals surface area contributed by atoms with Gasteiger partial charge in [-0.25, -0.2) is 0 Å². The number of anilines is 1. The molecule has 0 atom stereocenters. The third-order valence-corrected chi connectivity index (χ3v) is 5.39. The van der Waals surface area contributed by atoms with E-state index in [9.17, 15) is 0 Å². The molecule has 1 aliphatic rings. The first-order valence-electron chi connectivity index (χ1n) is 8.02. The Kier molecular flexibility index (Phi) is 3.87. The van der Waals surface area contributed by atoms with Gasteiger partial charge in [-0.2, -0.15) is 0 Å². The zero-order valence-electron chi connectivity index (χ0n) is 13.8. The zero-order chi connectivity index (χ0) is 16.5. The van der Waals surface area contributed by atoms with E-state index in [2.05, 4.69) is 60.1 Å². The number of ether oxygens (including phenoxy) is 1. The van der Waals surface area contributed by atoms with Gasteiger partial charge in [0, 0.05) is 22.5 Å². The molecule has 2 aromatic carbocycles. The fraction of sp³-hybridized carbons (Fsp3) is 0.143. The van der Waals surface area contributed by atoms with Crippen LogP contribution in [0.1, 0.15) is 16.7 Å². The minimum absolute atomic E-state index is 0.834. The first kappa shape index (κ1) is 15.0. The van der Waals surface area contributed by atoms with Crippen LogP contribution in [0.3, 0.4) is 0 Å². The summed E-state index contributed by atoms with van der Waals surface area (Å²) in [6.07, 6.45) is 2.32. The first-order valence-corrected chi connectivity index (χ1v) is 8.90. The van der Waals surface area contributed by atoms with Crippen molar-refractivity contribution >= 4 is 28.7 Å². The largest absolute Gasteiger partial charge is 0.497 e. The average molecular weight is 333 g/mol. The molecule has 0 saturated heterocycles. The van der Waals surface area contributed by atoms with Gasteiger partial charge in [0.05, 0.1) is 12.8 Å². The molecule has 0 unspecified atom stereocenters. The van der Waals surface area contributed by atoms with Crippen LogP contribution in [-0.2, 0) is 0 Å². The van der Waals surface area contributed by atoms with Crippen LogP contribution in [0.15, 0.2) is 53.9 Å². The maximum Gasteiger partial charge on any atom is 0.118 e. The van der Waals surface area contributed by atoms with Crippen molar-refractivity contribution in [1.82, 2.24) is 0 Å². The van der Waals surface area contributed by atoms with Crippen molar-refractivity contribution < 1.29 is 4.74 Å². The standard InChI is InChI=1S/C21H19NOS/c1-14-5-10-18(20-4-3-11-24-20)21-19(14)12-16(13-22-21)15-6-8-17(23-2)9-7-15/h3-12,22H,13H2,1-2H3. The molecule has 0 amide bonds. The van der Waals surface area contributed by atoms with Crippen LogP contribution in [0.5, 0.6) is 5.75 Å². The molecule has 0 fully saturated rings. The lowest BCUT2D eigenvalue weighted by Crippen LogP contribution is -2.11. The molecule has 2 heterocycles. The number of hydrogen-bond donors (Lipinski definition) is 1. The van der Waals surface area contributed by atoms with Gasteiger partial charge in [-0.1, -0.05) is 30.3 Å². The van der Waals surface area contributed by atoms with Gasteiger partial charge in [0.2, 0.25) is 0 Å². The molecular weight excluding hydrogens is 314 g/mol. The van der Waals surface area contributed by atoms with Gasteiger partial charge < -0.3 is 10.1 Å². The third-order valence-electron chi connectivity index (χ3n) is 4.49. The van der Waals surface area contributed by atoms with Crippen LogP contribution < -0.4 is 10.1 Å². The van der Waals surface area contributed by atoms with Crippen molar-refractivity contribution in [2.24, 2.45) is 0 Å². The number of methoxy groups -OCH3 is 1. The summed E-state index contributed by atoms with van der Waals surface area (Å²) in [7, 11) is 1.70. The predicted molar refractivity (Wildman–Crippen MR) is 104 cm³/mol. The Morgan fingerprint density at radius 3 is 2.58 bits per heavy atom. The molecule has 0 bridgehead atoms. The highest BCUT2D eigenvalue weighted by Gasteiger charge is 2.17. The summed E-state index contributed by atoms with van der Waals surface area (Å²) in [5.41, 5.74) is 7.65. The second kappa shape index (κ2) is 6.17. The normalized spacial score (nSPS) is 13.0. The Labute approximate surface area is 146 Å². The highest BCUT2D eigenvalue weighted by atomic mass is 32.1. The quantitative estimate of drug-likeness (QED) is 0.664. The molecule has 3 aromatic rings. The Bertz CT molecular complexity index is 892. The number of nitrogens with one attached hydrogen (secondary N) is 1. The summed E-state index contributed by atoms with van der Waals surface area (Å²) in [6, 6.07) is 17.0. The summed E-state index contributed by atoms with van der Waals surface area (Å²) in [6.45, 7) is 3.01. The monoisotopic (exact) mass is 333 g/mol. The Morgan fingerprint density at radius 1 is 1.04 bits per heavy atom. The number of fused-ring (bicyclic) bond motifs is 1. The molecular formula is C21H19NOS. The number of rotatable bonds is 3. The number of benzene rings is 2. The lowest BCUT2D eigenvalue weighted by molar-refractivity contribution is 0.415. The maximum atomic E-state index is 5.26. The topological polar surface area (TPSA) is 21.3 Å². The molecule has 4 rings (SSSR count). The van der Waals surface area contributed by atoms with E-state index in [1.54, 1.807) is 18.4 Å². The SMILES string of the molecule is COc1ccc(C2=Cc3c(C)ccc(-c4cccs4)c3NC2)cc1. The van der Waals surface area contributed by atoms with Gasteiger partial charge in [0.15, 0.2) is 0 Å². The van der Waals surface area contributed by atoms with E-state index < -0.39 is 0 Å². The lowest BCUT2D eigenvalue weighted by atomic mass is 9.93.